The first-order valence-corrected chi connectivity index (χ1v) is 4.93. The van der Waals surface area contributed by atoms with Crippen molar-refractivity contribution in [2.24, 2.45) is 0 Å². The van der Waals surface area contributed by atoms with Gasteiger partial charge in [-0.05, 0) is 25.5 Å². The lowest BCUT2D eigenvalue weighted by atomic mass is 10.0. The second-order valence-electron chi connectivity index (χ2n) is 3.68. The lowest BCUT2D eigenvalue weighted by Crippen LogP contribution is -2.30. The molecule has 15 heavy (non-hydrogen) atoms. The fraction of sp³-hybridized carbons (Fsp3) is 0.231. The maximum Gasteiger partial charge on any atom is 0.177 e. The van der Waals surface area contributed by atoms with Gasteiger partial charge in [0.15, 0.2) is 5.88 Å². The zero-order valence-electron chi connectivity index (χ0n) is 9.03. The molecule has 0 fully saturated rings. The second kappa shape index (κ2) is 5.25. The number of hydrogen-bond acceptors (Lipinski definition) is 2. The van der Waals surface area contributed by atoms with E-state index in [2.05, 4.69) is 30.6 Å². The molecule has 2 N–H and O–H groups in total. The van der Waals surface area contributed by atoms with E-state index in [1.54, 1.807) is 0 Å². The van der Waals surface area contributed by atoms with Gasteiger partial charge in [-0.25, -0.2) is 0 Å². The van der Waals surface area contributed by atoms with E-state index in [0.29, 0.717) is 0 Å². The Balaban J connectivity index is 2.67. The molecule has 1 rings (SSSR count). The number of aliphatic hydroxyl groups excluding tert-OH is 1. The molecule has 0 aliphatic carbocycles. The Labute approximate surface area is 91.0 Å². The van der Waals surface area contributed by atoms with Gasteiger partial charge in [0.25, 0.3) is 0 Å². The maximum absolute atomic E-state index is 9.10. The van der Waals surface area contributed by atoms with Crippen LogP contribution >= 0.6 is 0 Å². The molecule has 0 heterocycles. The third-order valence-electron chi connectivity index (χ3n) is 2.22. The number of hydrogen-bond donors (Lipinski definition) is 2. The van der Waals surface area contributed by atoms with E-state index >= 15 is 0 Å². The molecule has 1 atom stereocenters. The highest BCUT2D eigenvalue weighted by atomic mass is 16.3. The van der Waals surface area contributed by atoms with E-state index < -0.39 is 0 Å². The quantitative estimate of drug-likeness (QED) is 0.569. The Bertz CT molecular complexity index is 343. The molecule has 1 unspecified atom stereocenters. The van der Waals surface area contributed by atoms with Crippen LogP contribution in [-0.2, 0) is 6.42 Å². The highest BCUT2D eigenvalue weighted by Gasteiger charge is 2.09. The minimum atomic E-state index is -0.0149. The van der Waals surface area contributed by atoms with E-state index in [1.165, 1.54) is 5.56 Å². The molecule has 0 saturated heterocycles. The minimum Gasteiger partial charge on any atom is -0.495 e. The molecule has 0 aliphatic rings. The molecule has 1 aromatic rings. The Hall–Kier alpha value is -1.70. The molecule has 2 nitrogen and oxygen atoms in total. The maximum atomic E-state index is 9.10. The average molecular weight is 203 g/mol. The number of rotatable bonds is 5. The van der Waals surface area contributed by atoms with Crippen molar-refractivity contribution in [2.75, 3.05) is 0 Å². The summed E-state index contributed by atoms with van der Waals surface area (Å²) >= 11 is 0. The van der Waals surface area contributed by atoms with Crippen LogP contribution < -0.4 is 5.32 Å². The summed E-state index contributed by atoms with van der Waals surface area (Å²) in [4.78, 5) is 0. The topological polar surface area (TPSA) is 32.3 Å². The van der Waals surface area contributed by atoms with Crippen LogP contribution in [0.4, 0.5) is 0 Å². The van der Waals surface area contributed by atoms with Gasteiger partial charge in [-0.2, -0.15) is 0 Å². The lowest BCUT2D eigenvalue weighted by Gasteiger charge is -2.19. The van der Waals surface area contributed by atoms with Crippen LogP contribution in [0.5, 0.6) is 0 Å². The van der Waals surface area contributed by atoms with E-state index in [9.17, 15) is 0 Å². The van der Waals surface area contributed by atoms with Crippen LogP contribution in [0.25, 0.3) is 0 Å². The fourth-order valence-corrected chi connectivity index (χ4v) is 1.40. The summed E-state index contributed by atoms with van der Waals surface area (Å²) in [6.07, 6.45) is 0.801. The molecule has 0 aliphatic heterocycles. The second-order valence-corrected chi connectivity index (χ2v) is 3.68. The summed E-state index contributed by atoms with van der Waals surface area (Å²) in [5.74, 6) is -0.0149. The van der Waals surface area contributed by atoms with Gasteiger partial charge in [-0.15, -0.1) is 0 Å². The van der Waals surface area contributed by atoms with Crippen LogP contribution in [0, 0.1) is 0 Å². The molecule has 0 radical (unpaired) electrons. The smallest absolute Gasteiger partial charge is 0.177 e. The van der Waals surface area contributed by atoms with Crippen molar-refractivity contribution in [1.82, 2.24) is 5.32 Å². The largest absolute Gasteiger partial charge is 0.495 e. The number of aliphatic hydroxyl groups is 1. The van der Waals surface area contributed by atoms with Gasteiger partial charge in [-0.1, -0.05) is 42.5 Å². The highest BCUT2D eigenvalue weighted by Crippen LogP contribution is 2.09. The van der Waals surface area contributed by atoms with Crippen LogP contribution in [0.15, 0.2) is 54.9 Å². The van der Waals surface area contributed by atoms with Crippen LogP contribution in [0.3, 0.4) is 0 Å². The normalized spacial score (nSPS) is 11.8. The third-order valence-corrected chi connectivity index (χ3v) is 2.22. The van der Waals surface area contributed by atoms with Crippen LogP contribution in [-0.4, -0.2) is 11.1 Å². The molecule has 0 bridgehead atoms. The average Bonchev–Trinajstić information content (AvgIpc) is 2.17. The van der Waals surface area contributed by atoms with E-state index in [1.807, 2.05) is 25.1 Å². The molecule has 0 aromatic heterocycles. The van der Waals surface area contributed by atoms with Crippen LogP contribution in [0.1, 0.15) is 12.5 Å². The summed E-state index contributed by atoms with van der Waals surface area (Å²) in [6.45, 7) is 9.25. The van der Waals surface area contributed by atoms with Crippen molar-refractivity contribution < 1.29 is 5.11 Å². The molecular formula is C13H17NO. The summed E-state index contributed by atoms with van der Waals surface area (Å²) in [5.41, 5.74) is 2.19. The molecule has 2 heteroatoms. The predicted molar refractivity (Wildman–Crippen MR) is 63.7 cm³/mol. The van der Waals surface area contributed by atoms with E-state index in [-0.39, 0.29) is 11.9 Å². The summed E-state index contributed by atoms with van der Waals surface area (Å²) in [5, 5.41) is 12.0. The van der Waals surface area contributed by atoms with Crippen molar-refractivity contribution in [3.8, 4) is 0 Å². The predicted octanol–water partition coefficient (Wildman–Crippen LogP) is 2.79. The zero-order valence-corrected chi connectivity index (χ0v) is 9.03. The standard InChI is InChI=1S/C13H17NO/c1-10(2)13(14-11(3)15)9-12-7-5-4-6-8-12/h4-8,13-15H,1,3,9H2,2H3. The third kappa shape index (κ3) is 3.90. The van der Waals surface area contributed by atoms with Gasteiger partial charge in [0.05, 0.1) is 6.04 Å². The van der Waals surface area contributed by atoms with Crippen molar-refractivity contribution in [1.29, 1.82) is 0 Å². The van der Waals surface area contributed by atoms with E-state index in [0.717, 1.165) is 12.0 Å². The first-order valence-electron chi connectivity index (χ1n) is 4.93. The highest BCUT2D eigenvalue weighted by molar-refractivity contribution is 5.19. The van der Waals surface area contributed by atoms with Gasteiger partial charge >= 0.3 is 0 Å². The summed E-state index contributed by atoms with van der Waals surface area (Å²) in [6, 6.07) is 10.1. The first kappa shape index (κ1) is 11.4. The van der Waals surface area contributed by atoms with Gasteiger partial charge in [0.2, 0.25) is 0 Å². The first-order chi connectivity index (χ1) is 7.09. The van der Waals surface area contributed by atoms with E-state index in [4.69, 9.17) is 5.11 Å². The molecule has 80 valence electrons. The Morgan fingerprint density at radius 1 is 1.33 bits per heavy atom. The van der Waals surface area contributed by atoms with Gasteiger partial charge in [-0.3, -0.25) is 0 Å². The van der Waals surface area contributed by atoms with Crippen molar-refractivity contribution in [3.63, 3.8) is 0 Å². The molecular weight excluding hydrogens is 186 g/mol. The number of nitrogens with one attached hydrogen (secondary N) is 1. The Morgan fingerprint density at radius 2 is 1.93 bits per heavy atom. The van der Waals surface area contributed by atoms with Crippen molar-refractivity contribution in [3.05, 3.63) is 60.5 Å². The van der Waals surface area contributed by atoms with Gasteiger partial charge in [0, 0.05) is 0 Å². The Morgan fingerprint density at radius 3 is 2.40 bits per heavy atom. The van der Waals surface area contributed by atoms with Crippen LogP contribution in [0.2, 0.25) is 0 Å². The Kier molecular flexibility index (Phi) is 3.98. The molecule has 0 saturated carbocycles. The molecule has 0 spiro atoms. The zero-order chi connectivity index (χ0) is 11.3. The molecule has 1 aromatic carbocycles. The van der Waals surface area contributed by atoms with Gasteiger partial charge in [0.1, 0.15) is 0 Å². The number of benzene rings is 1. The SMILES string of the molecule is C=C(O)NC(Cc1ccccc1)C(=C)C. The fourth-order valence-electron chi connectivity index (χ4n) is 1.40. The molecule has 0 amide bonds. The summed E-state index contributed by atoms with van der Waals surface area (Å²) in [7, 11) is 0. The minimum absolute atomic E-state index is 0.0149. The van der Waals surface area contributed by atoms with Crippen molar-refractivity contribution >= 4 is 0 Å². The van der Waals surface area contributed by atoms with Gasteiger partial charge < -0.3 is 10.4 Å². The van der Waals surface area contributed by atoms with Crippen molar-refractivity contribution in [2.45, 2.75) is 19.4 Å². The lowest BCUT2D eigenvalue weighted by molar-refractivity contribution is 0.351. The monoisotopic (exact) mass is 203 g/mol. The summed E-state index contributed by atoms with van der Waals surface area (Å²) < 4.78 is 0.